The summed E-state index contributed by atoms with van der Waals surface area (Å²) >= 11 is 12.0. The van der Waals surface area contributed by atoms with E-state index in [4.69, 9.17) is 38.4 Å². The molecule has 8 heteroatoms. The van der Waals surface area contributed by atoms with Crippen LogP contribution in [0.5, 0.6) is 11.5 Å². The molecule has 0 saturated carbocycles. The van der Waals surface area contributed by atoms with Crippen LogP contribution in [0, 0.1) is 0 Å². The van der Waals surface area contributed by atoms with Crippen molar-refractivity contribution in [1.29, 1.82) is 0 Å². The van der Waals surface area contributed by atoms with E-state index in [1.165, 1.54) is 0 Å². The molecular weight excluding hydrogens is 367 g/mol. The lowest BCUT2D eigenvalue weighted by Gasteiger charge is -2.11. The van der Waals surface area contributed by atoms with E-state index < -0.39 is 11.8 Å². The Kier molecular flexibility index (Phi) is 6.91. The molecule has 2 aromatic carbocycles. The second kappa shape index (κ2) is 9.15. The molecule has 2 aromatic rings. The van der Waals surface area contributed by atoms with Gasteiger partial charge in [-0.25, -0.2) is 0 Å². The number of ether oxygens (including phenoxy) is 2. The van der Waals surface area contributed by atoms with Crippen molar-refractivity contribution in [3.63, 3.8) is 0 Å². The summed E-state index contributed by atoms with van der Waals surface area (Å²) in [7, 11) is 0. The van der Waals surface area contributed by atoms with Crippen molar-refractivity contribution < 1.29 is 19.1 Å². The summed E-state index contributed by atoms with van der Waals surface area (Å²) in [5, 5.41) is 3.24. The van der Waals surface area contributed by atoms with Gasteiger partial charge >= 0.3 is 0 Å². The molecule has 0 radical (unpaired) electrons. The van der Waals surface area contributed by atoms with Crippen LogP contribution < -0.4 is 20.5 Å². The minimum atomic E-state index is -0.615. The molecule has 0 atom stereocenters. The summed E-state index contributed by atoms with van der Waals surface area (Å²) in [5.41, 5.74) is 5.34. The molecule has 25 heavy (non-hydrogen) atoms. The first kappa shape index (κ1) is 18.9. The van der Waals surface area contributed by atoms with Gasteiger partial charge in [0.05, 0.1) is 16.6 Å². The summed E-state index contributed by atoms with van der Waals surface area (Å²) in [6.45, 7) is 0.228. The largest absolute Gasteiger partial charge is 0.490 e. The molecule has 0 aliphatic rings. The summed E-state index contributed by atoms with van der Waals surface area (Å²) in [6.07, 6.45) is 0. The minimum absolute atomic E-state index is 0.224. The molecular formula is C17H16Cl2N2O4. The lowest BCUT2D eigenvalue weighted by molar-refractivity contribution is -0.117. The standard InChI is InChI=1S/C17H16Cl2N2O4/c18-13-5-2-6-14(19)16(13)25-8-7-24-12-4-1-3-11(9-12)17(23)21-10-15(20)22/h1-6,9H,7-8,10H2,(H2,20,22)(H,21,23). The number of amides is 2. The Balaban J connectivity index is 1.86. The number of hydrogen-bond acceptors (Lipinski definition) is 4. The molecule has 0 aliphatic heterocycles. The number of rotatable bonds is 8. The first-order valence-electron chi connectivity index (χ1n) is 7.33. The number of carbonyl (C=O) groups excluding carboxylic acids is 2. The van der Waals surface area contributed by atoms with Gasteiger partial charge in [0.25, 0.3) is 5.91 Å². The topological polar surface area (TPSA) is 90.7 Å². The summed E-state index contributed by atoms with van der Waals surface area (Å²) in [6, 6.07) is 11.6. The van der Waals surface area contributed by atoms with Crippen LogP contribution in [-0.2, 0) is 4.79 Å². The normalized spacial score (nSPS) is 10.2. The number of halogens is 2. The molecule has 0 spiro atoms. The van der Waals surface area contributed by atoms with Gasteiger partial charge in [0.2, 0.25) is 5.91 Å². The molecule has 0 heterocycles. The maximum atomic E-state index is 11.9. The highest BCUT2D eigenvalue weighted by atomic mass is 35.5. The molecule has 3 N–H and O–H groups in total. The van der Waals surface area contributed by atoms with Gasteiger partial charge in [-0.15, -0.1) is 0 Å². The molecule has 2 rings (SSSR count). The van der Waals surface area contributed by atoms with Crippen molar-refractivity contribution in [3.05, 3.63) is 58.1 Å². The van der Waals surface area contributed by atoms with Crippen LogP contribution in [-0.4, -0.2) is 31.6 Å². The maximum absolute atomic E-state index is 11.9. The van der Waals surface area contributed by atoms with Gasteiger partial charge in [0, 0.05) is 5.56 Å². The highest BCUT2D eigenvalue weighted by molar-refractivity contribution is 6.37. The van der Waals surface area contributed by atoms with Crippen LogP contribution in [0.15, 0.2) is 42.5 Å². The fourth-order valence-electron chi connectivity index (χ4n) is 1.92. The van der Waals surface area contributed by atoms with Gasteiger partial charge in [-0.1, -0.05) is 35.3 Å². The average molecular weight is 383 g/mol. The highest BCUT2D eigenvalue weighted by Crippen LogP contribution is 2.32. The van der Waals surface area contributed by atoms with Gasteiger partial charge in [-0.2, -0.15) is 0 Å². The maximum Gasteiger partial charge on any atom is 0.251 e. The van der Waals surface area contributed by atoms with E-state index in [1.54, 1.807) is 42.5 Å². The average Bonchev–Trinajstić information content (AvgIpc) is 2.59. The van der Waals surface area contributed by atoms with Gasteiger partial charge < -0.3 is 20.5 Å². The van der Waals surface area contributed by atoms with E-state index in [2.05, 4.69) is 5.32 Å². The highest BCUT2D eigenvalue weighted by Gasteiger charge is 2.08. The fraction of sp³-hybridized carbons (Fsp3) is 0.176. The summed E-state index contributed by atoms with van der Waals surface area (Å²) < 4.78 is 11.1. The second-order valence-electron chi connectivity index (χ2n) is 4.92. The third-order valence-corrected chi connectivity index (χ3v) is 3.63. The van der Waals surface area contributed by atoms with Gasteiger partial charge in [0.15, 0.2) is 5.75 Å². The molecule has 2 amide bonds. The van der Waals surface area contributed by atoms with Crippen LogP contribution >= 0.6 is 23.2 Å². The molecule has 0 saturated heterocycles. The van der Waals surface area contributed by atoms with E-state index in [-0.39, 0.29) is 19.8 Å². The third kappa shape index (κ3) is 5.85. The lowest BCUT2D eigenvalue weighted by Crippen LogP contribution is -2.33. The van der Waals surface area contributed by atoms with Crippen molar-refractivity contribution in [2.24, 2.45) is 5.73 Å². The molecule has 6 nitrogen and oxygen atoms in total. The number of hydrogen-bond donors (Lipinski definition) is 2. The van der Waals surface area contributed by atoms with E-state index in [0.29, 0.717) is 27.1 Å². The predicted molar refractivity (Wildman–Crippen MR) is 95.4 cm³/mol. The van der Waals surface area contributed by atoms with Gasteiger partial charge in [-0.3, -0.25) is 9.59 Å². The predicted octanol–water partition coefficient (Wildman–Crippen LogP) is 2.67. The summed E-state index contributed by atoms with van der Waals surface area (Å²) in [4.78, 5) is 22.6. The van der Waals surface area contributed by atoms with Gasteiger partial charge in [-0.05, 0) is 30.3 Å². The van der Waals surface area contributed by atoms with Crippen molar-refractivity contribution in [2.45, 2.75) is 0 Å². The van der Waals surface area contributed by atoms with Crippen molar-refractivity contribution >= 4 is 35.0 Å². The monoisotopic (exact) mass is 382 g/mol. The Morgan fingerprint density at radius 1 is 1.00 bits per heavy atom. The zero-order chi connectivity index (χ0) is 18.2. The minimum Gasteiger partial charge on any atom is -0.490 e. The zero-order valence-electron chi connectivity index (χ0n) is 13.1. The number of carbonyl (C=O) groups is 2. The first-order valence-corrected chi connectivity index (χ1v) is 8.09. The SMILES string of the molecule is NC(=O)CNC(=O)c1cccc(OCCOc2c(Cl)cccc2Cl)c1. The zero-order valence-corrected chi connectivity index (χ0v) is 14.6. The quantitative estimate of drug-likeness (QED) is 0.686. The van der Waals surface area contributed by atoms with Gasteiger partial charge in [0.1, 0.15) is 19.0 Å². The Labute approximate surface area is 154 Å². The molecule has 0 aliphatic carbocycles. The summed E-state index contributed by atoms with van der Waals surface area (Å²) in [5.74, 6) is -0.144. The number of nitrogens with one attached hydrogen (secondary N) is 1. The molecule has 0 aromatic heterocycles. The number of primary amides is 1. The number of nitrogens with two attached hydrogens (primary N) is 1. The van der Waals surface area contributed by atoms with Crippen molar-refractivity contribution in [3.8, 4) is 11.5 Å². The fourth-order valence-corrected chi connectivity index (χ4v) is 2.43. The van der Waals surface area contributed by atoms with E-state index in [0.717, 1.165) is 0 Å². The van der Waals surface area contributed by atoms with Crippen molar-refractivity contribution in [2.75, 3.05) is 19.8 Å². The third-order valence-electron chi connectivity index (χ3n) is 3.04. The van der Waals surface area contributed by atoms with Crippen LogP contribution in [0.1, 0.15) is 10.4 Å². The van der Waals surface area contributed by atoms with E-state index in [9.17, 15) is 9.59 Å². The number of para-hydroxylation sites is 1. The Morgan fingerprint density at radius 3 is 2.32 bits per heavy atom. The molecule has 0 fully saturated rings. The van der Waals surface area contributed by atoms with Crippen molar-refractivity contribution in [1.82, 2.24) is 5.32 Å². The Bertz CT molecular complexity index is 748. The Morgan fingerprint density at radius 2 is 1.64 bits per heavy atom. The van der Waals surface area contributed by atoms with Crippen LogP contribution in [0.3, 0.4) is 0 Å². The molecule has 0 unspecified atom stereocenters. The smallest absolute Gasteiger partial charge is 0.251 e. The second-order valence-corrected chi connectivity index (χ2v) is 5.74. The van der Waals surface area contributed by atoms with Crippen LogP contribution in [0.2, 0.25) is 10.0 Å². The van der Waals surface area contributed by atoms with E-state index in [1.807, 2.05) is 0 Å². The number of benzene rings is 2. The first-order chi connectivity index (χ1) is 12.0. The molecule has 132 valence electrons. The molecule has 0 bridgehead atoms. The Hall–Kier alpha value is -2.44. The lowest BCUT2D eigenvalue weighted by atomic mass is 10.2. The van der Waals surface area contributed by atoms with Crippen LogP contribution in [0.25, 0.3) is 0 Å². The van der Waals surface area contributed by atoms with Crippen LogP contribution in [0.4, 0.5) is 0 Å². The van der Waals surface area contributed by atoms with E-state index >= 15 is 0 Å².